The van der Waals surface area contributed by atoms with Gasteiger partial charge in [0.15, 0.2) is 24.4 Å². The van der Waals surface area contributed by atoms with Crippen LogP contribution in [0.3, 0.4) is 0 Å². The van der Waals surface area contributed by atoms with Crippen LogP contribution in [0.15, 0.2) is 59.5 Å². The summed E-state index contributed by atoms with van der Waals surface area (Å²) in [5.74, 6) is -0.849. The number of nitrogens with one attached hydrogen (secondary N) is 1. The Morgan fingerprint density at radius 2 is 1.53 bits per heavy atom. The maximum absolute atomic E-state index is 12.1. The smallest absolute Gasteiger partial charge is 0.264 e. The van der Waals surface area contributed by atoms with Crippen LogP contribution in [0.1, 0.15) is 32.3 Å². The molecule has 0 spiro atoms. The van der Waals surface area contributed by atoms with Gasteiger partial charge < -0.3 is 0 Å². The zero-order valence-electron chi connectivity index (χ0n) is 20.6. The number of hydroxylamine groups is 1. The van der Waals surface area contributed by atoms with E-state index < -0.39 is 30.3 Å². The van der Waals surface area contributed by atoms with Gasteiger partial charge in [-0.25, -0.2) is 22.3 Å². The van der Waals surface area contributed by atoms with Gasteiger partial charge in [-0.05, 0) is 54.2 Å². The average Bonchev–Trinajstić information content (AvgIpc) is 2.86. The minimum absolute atomic E-state index is 0. The number of hydrogen-bond donors (Lipinski definition) is 2. The molecule has 1 aliphatic rings. The summed E-state index contributed by atoms with van der Waals surface area (Å²) in [5.41, 5.74) is 5.70. The van der Waals surface area contributed by atoms with E-state index in [4.69, 9.17) is 5.21 Å². The number of nitrogens with zero attached hydrogens (tertiary/aromatic N) is 1. The molecule has 1 heterocycles. The summed E-state index contributed by atoms with van der Waals surface area (Å²) in [4.78, 5) is 14.4. The predicted molar refractivity (Wildman–Crippen MR) is 144 cm³/mol. The molecule has 0 saturated heterocycles. The highest BCUT2D eigenvalue weighted by Gasteiger charge is 2.43. The van der Waals surface area contributed by atoms with E-state index in [2.05, 4.69) is 11.0 Å². The molecule has 2 aromatic carbocycles. The zero-order chi connectivity index (χ0) is 25.9. The van der Waals surface area contributed by atoms with Crippen molar-refractivity contribution in [3.63, 3.8) is 0 Å². The van der Waals surface area contributed by atoms with E-state index >= 15 is 0 Å². The van der Waals surface area contributed by atoms with Crippen LogP contribution < -0.4 is 5.48 Å². The van der Waals surface area contributed by atoms with Gasteiger partial charge in [-0.15, -0.1) is 12.4 Å². The van der Waals surface area contributed by atoms with Crippen molar-refractivity contribution in [1.29, 1.82) is 0 Å². The second-order valence-electron chi connectivity index (χ2n) is 8.98. The molecule has 1 aliphatic heterocycles. The van der Waals surface area contributed by atoms with Gasteiger partial charge in [-0.2, -0.15) is 0 Å². The molecular weight excluding hydrogens is 524 g/mol. The van der Waals surface area contributed by atoms with Gasteiger partial charge in [0.1, 0.15) is 0 Å². The first-order chi connectivity index (χ1) is 16.4. The van der Waals surface area contributed by atoms with Gasteiger partial charge in [-0.3, -0.25) is 14.9 Å². The van der Waals surface area contributed by atoms with Crippen molar-refractivity contribution < 1.29 is 26.8 Å². The lowest BCUT2D eigenvalue weighted by molar-refractivity contribution is -0.131. The average molecular weight is 557 g/mol. The van der Waals surface area contributed by atoms with Crippen LogP contribution in [0.25, 0.3) is 16.7 Å². The summed E-state index contributed by atoms with van der Waals surface area (Å²) < 4.78 is 46.6. The predicted octanol–water partition coefficient (Wildman–Crippen LogP) is 3.36. The molecule has 3 rings (SSSR count). The molecule has 0 radical (unpaired) electrons. The minimum Gasteiger partial charge on any atom is -0.299 e. The summed E-state index contributed by atoms with van der Waals surface area (Å²) in [5, 5.41) is 8.97. The van der Waals surface area contributed by atoms with E-state index in [-0.39, 0.29) is 24.6 Å². The fraction of sp³-hybridized carbons (Fsp3) is 0.400. The Labute approximate surface area is 219 Å². The first-order valence-corrected chi connectivity index (χ1v) is 14.9. The first-order valence-electron chi connectivity index (χ1n) is 11.4. The Morgan fingerprint density at radius 3 is 1.97 bits per heavy atom. The third-order valence-electron chi connectivity index (χ3n) is 6.78. The summed E-state index contributed by atoms with van der Waals surface area (Å²) in [7, 11) is -6.93. The Hall–Kier alpha value is -2.24. The lowest BCUT2D eigenvalue weighted by atomic mass is 9.96. The van der Waals surface area contributed by atoms with Crippen molar-refractivity contribution in [1.82, 2.24) is 10.4 Å². The van der Waals surface area contributed by atoms with E-state index in [0.717, 1.165) is 35.9 Å². The van der Waals surface area contributed by atoms with Gasteiger partial charge in [0.05, 0.1) is 10.6 Å². The fourth-order valence-corrected chi connectivity index (χ4v) is 5.76. The Morgan fingerprint density at radius 1 is 1.00 bits per heavy atom. The van der Waals surface area contributed by atoms with E-state index in [1.807, 2.05) is 36.4 Å². The maximum Gasteiger partial charge on any atom is 0.264 e. The number of benzene rings is 2. The van der Waals surface area contributed by atoms with Gasteiger partial charge in [0.2, 0.25) is 0 Å². The summed E-state index contributed by atoms with van der Waals surface area (Å²) >= 11 is 0. The molecule has 0 aliphatic carbocycles. The Bertz CT molecular complexity index is 1310. The molecular formula is C25H33ClN2O6S2. The van der Waals surface area contributed by atoms with Crippen LogP contribution in [0.2, 0.25) is 0 Å². The second-order valence-corrected chi connectivity index (χ2v) is 13.7. The number of carbonyl (C=O) groups excluding carboxylic acids is 1. The van der Waals surface area contributed by atoms with Crippen LogP contribution in [-0.2, 0) is 24.5 Å². The second kappa shape index (κ2) is 11.9. The van der Waals surface area contributed by atoms with Crippen molar-refractivity contribution in [2.45, 2.75) is 36.3 Å². The third-order valence-corrected chi connectivity index (χ3v) is 10.6. The highest BCUT2D eigenvalue weighted by atomic mass is 35.5. The van der Waals surface area contributed by atoms with Crippen LogP contribution >= 0.6 is 12.4 Å². The van der Waals surface area contributed by atoms with Crippen molar-refractivity contribution in [3.8, 4) is 11.1 Å². The van der Waals surface area contributed by atoms with Crippen LogP contribution in [0, 0.1) is 0 Å². The fourth-order valence-electron chi connectivity index (χ4n) is 4.03. The first kappa shape index (κ1) is 30.0. The van der Waals surface area contributed by atoms with Crippen LogP contribution in [0.4, 0.5) is 0 Å². The lowest BCUT2D eigenvalue weighted by Crippen LogP contribution is -2.51. The Kier molecular flexibility index (Phi) is 9.89. The van der Waals surface area contributed by atoms with Crippen molar-refractivity contribution in [2.24, 2.45) is 0 Å². The molecule has 0 bridgehead atoms. The van der Waals surface area contributed by atoms with Gasteiger partial charge in [-0.1, -0.05) is 49.4 Å². The monoisotopic (exact) mass is 556 g/mol. The van der Waals surface area contributed by atoms with Crippen molar-refractivity contribution in [2.75, 3.05) is 31.6 Å². The number of rotatable bonds is 9. The summed E-state index contributed by atoms with van der Waals surface area (Å²) in [6.07, 6.45) is 3.97. The molecule has 2 aromatic rings. The summed E-state index contributed by atoms with van der Waals surface area (Å²) in [6.45, 7) is 4.72. The van der Waals surface area contributed by atoms with Gasteiger partial charge in [0.25, 0.3) is 5.91 Å². The quantitative estimate of drug-likeness (QED) is 0.359. The highest BCUT2D eigenvalue weighted by molar-refractivity contribution is 7.92. The molecule has 2 N–H and O–H groups in total. The van der Waals surface area contributed by atoms with E-state index in [1.165, 1.54) is 18.0 Å². The van der Waals surface area contributed by atoms with Crippen LogP contribution in [-0.4, -0.2) is 69.2 Å². The van der Waals surface area contributed by atoms with Crippen LogP contribution in [0.5, 0.6) is 0 Å². The molecule has 8 nitrogen and oxygen atoms in total. The number of amides is 1. The summed E-state index contributed by atoms with van der Waals surface area (Å²) in [6, 6.07) is 15.0. The largest absolute Gasteiger partial charge is 0.299 e. The number of hydrogen-bond acceptors (Lipinski definition) is 7. The van der Waals surface area contributed by atoms with E-state index in [0.29, 0.717) is 18.0 Å². The van der Waals surface area contributed by atoms with Gasteiger partial charge in [0, 0.05) is 25.9 Å². The lowest BCUT2D eigenvalue weighted by Gasteiger charge is -2.31. The molecule has 1 amide bonds. The molecule has 0 fully saturated rings. The molecule has 1 atom stereocenters. The SMILES string of the molecule is CCS(=O)(=O)c1ccc(-c2ccc(C3=CCN(CCC(C)(C(=O)NO)S(C)(=O)=O)CC3)cc2)cc1.Cl. The molecule has 36 heavy (non-hydrogen) atoms. The number of sulfone groups is 2. The zero-order valence-corrected chi connectivity index (χ0v) is 23.0. The third kappa shape index (κ3) is 6.54. The minimum atomic E-state index is -3.71. The molecule has 0 saturated carbocycles. The number of carbonyl (C=O) groups is 1. The number of halogens is 1. The molecule has 198 valence electrons. The maximum atomic E-state index is 12.1. The normalized spacial score (nSPS) is 16.4. The highest BCUT2D eigenvalue weighted by Crippen LogP contribution is 2.28. The Balaban J connectivity index is 0.00000456. The van der Waals surface area contributed by atoms with E-state index in [1.54, 1.807) is 19.1 Å². The van der Waals surface area contributed by atoms with Crippen molar-refractivity contribution >= 4 is 43.6 Å². The molecule has 0 aromatic heterocycles. The van der Waals surface area contributed by atoms with Crippen molar-refractivity contribution in [3.05, 3.63) is 60.2 Å². The molecule has 11 heteroatoms. The van der Waals surface area contributed by atoms with E-state index in [9.17, 15) is 21.6 Å². The topological polar surface area (TPSA) is 121 Å². The van der Waals surface area contributed by atoms with Gasteiger partial charge >= 0.3 is 0 Å². The standard InChI is InChI=1S/C25H32N2O6S2.ClH/c1-4-35(32,33)23-11-9-21(10-12-23)19-5-7-20(8-6-19)22-13-16-27(17-14-22)18-15-25(2,24(28)26-29)34(3,30)31;/h5-13,29H,4,14-18H2,1-3H3,(H,26,28);1H. The molecule has 1 unspecified atom stereocenters.